The molecule has 3 aromatic rings. The van der Waals surface area contributed by atoms with E-state index in [0.717, 1.165) is 4.88 Å². The molecule has 102 valence electrons. The van der Waals surface area contributed by atoms with E-state index in [1.165, 1.54) is 17.4 Å². The summed E-state index contributed by atoms with van der Waals surface area (Å²) >= 11 is 1.43. The maximum atomic E-state index is 14.0. The van der Waals surface area contributed by atoms with Crippen LogP contribution in [0.1, 0.15) is 0 Å². The number of anilines is 1. The molecule has 0 aliphatic carbocycles. The Morgan fingerprint density at radius 1 is 1.30 bits per heavy atom. The number of halogens is 1. The van der Waals surface area contributed by atoms with Gasteiger partial charge >= 0.3 is 0 Å². The molecule has 4 nitrogen and oxygen atoms in total. The standard InChI is InChI=1S/C14H11FN2O2S/c1-18-10-6-7-20-13(10)12-11(14(16)19-17-12)8-4-2-3-5-9(8)15/h2-7H,16H2,1H3. The fourth-order valence-electron chi connectivity index (χ4n) is 2.01. The summed E-state index contributed by atoms with van der Waals surface area (Å²) in [7, 11) is 1.57. The van der Waals surface area contributed by atoms with Crippen LogP contribution in [0.2, 0.25) is 0 Å². The molecular formula is C14H11FN2O2S. The van der Waals surface area contributed by atoms with Crippen molar-refractivity contribution in [3.8, 4) is 27.4 Å². The molecule has 20 heavy (non-hydrogen) atoms. The van der Waals surface area contributed by atoms with Gasteiger partial charge in [-0.1, -0.05) is 23.4 Å². The summed E-state index contributed by atoms with van der Waals surface area (Å²) < 4.78 is 24.3. The monoisotopic (exact) mass is 290 g/mol. The van der Waals surface area contributed by atoms with Crippen LogP contribution in [-0.2, 0) is 0 Å². The van der Waals surface area contributed by atoms with Crippen LogP contribution < -0.4 is 10.5 Å². The molecule has 0 bridgehead atoms. The lowest BCUT2D eigenvalue weighted by Crippen LogP contribution is -1.91. The molecule has 0 radical (unpaired) electrons. The lowest BCUT2D eigenvalue weighted by atomic mass is 10.0. The highest BCUT2D eigenvalue weighted by Crippen LogP contribution is 2.43. The molecule has 0 atom stereocenters. The van der Waals surface area contributed by atoms with E-state index in [1.807, 2.05) is 11.4 Å². The van der Waals surface area contributed by atoms with Crippen LogP contribution in [0.3, 0.4) is 0 Å². The molecular weight excluding hydrogens is 279 g/mol. The van der Waals surface area contributed by atoms with E-state index in [1.54, 1.807) is 25.3 Å². The van der Waals surface area contributed by atoms with Crippen molar-refractivity contribution in [2.75, 3.05) is 12.8 Å². The van der Waals surface area contributed by atoms with Crippen LogP contribution in [0, 0.1) is 5.82 Å². The SMILES string of the molecule is COc1ccsc1-c1noc(N)c1-c1ccccc1F. The van der Waals surface area contributed by atoms with Gasteiger partial charge in [-0.15, -0.1) is 11.3 Å². The van der Waals surface area contributed by atoms with E-state index < -0.39 is 0 Å². The lowest BCUT2D eigenvalue weighted by Gasteiger charge is -2.04. The highest BCUT2D eigenvalue weighted by molar-refractivity contribution is 7.14. The third-order valence-corrected chi connectivity index (χ3v) is 3.83. The highest BCUT2D eigenvalue weighted by atomic mass is 32.1. The van der Waals surface area contributed by atoms with Crippen LogP contribution in [0.15, 0.2) is 40.2 Å². The number of benzene rings is 1. The average molecular weight is 290 g/mol. The first-order valence-corrected chi connectivity index (χ1v) is 6.72. The molecule has 0 fully saturated rings. The number of aromatic nitrogens is 1. The second-order valence-electron chi connectivity index (χ2n) is 4.07. The van der Waals surface area contributed by atoms with Gasteiger partial charge in [-0.25, -0.2) is 4.39 Å². The molecule has 0 amide bonds. The molecule has 0 spiro atoms. The summed E-state index contributed by atoms with van der Waals surface area (Å²) in [6.45, 7) is 0. The summed E-state index contributed by atoms with van der Waals surface area (Å²) in [6, 6.07) is 8.18. The Kier molecular flexibility index (Phi) is 3.15. The minimum Gasteiger partial charge on any atom is -0.495 e. The summed E-state index contributed by atoms with van der Waals surface area (Å²) in [4.78, 5) is 0.756. The fourth-order valence-corrected chi connectivity index (χ4v) is 2.86. The molecule has 0 unspecified atom stereocenters. The van der Waals surface area contributed by atoms with Gasteiger partial charge in [-0.05, 0) is 17.5 Å². The number of hydrogen-bond donors (Lipinski definition) is 1. The minimum absolute atomic E-state index is 0.0838. The van der Waals surface area contributed by atoms with Gasteiger partial charge in [0.25, 0.3) is 0 Å². The first-order valence-electron chi connectivity index (χ1n) is 5.84. The second-order valence-corrected chi connectivity index (χ2v) is 4.98. The van der Waals surface area contributed by atoms with Gasteiger partial charge < -0.3 is 15.0 Å². The Morgan fingerprint density at radius 3 is 2.85 bits per heavy atom. The van der Waals surface area contributed by atoms with E-state index in [2.05, 4.69) is 5.16 Å². The largest absolute Gasteiger partial charge is 0.495 e. The summed E-state index contributed by atoms with van der Waals surface area (Å²) in [5, 5.41) is 5.81. The van der Waals surface area contributed by atoms with Gasteiger partial charge in [0.15, 0.2) is 0 Å². The topological polar surface area (TPSA) is 61.3 Å². The smallest absolute Gasteiger partial charge is 0.230 e. The Labute approximate surface area is 118 Å². The summed E-state index contributed by atoms with van der Waals surface area (Å²) in [5.41, 5.74) is 7.10. The van der Waals surface area contributed by atoms with Gasteiger partial charge in [0.05, 0.1) is 17.6 Å². The quantitative estimate of drug-likeness (QED) is 0.797. The van der Waals surface area contributed by atoms with Crippen molar-refractivity contribution in [2.24, 2.45) is 0 Å². The maximum absolute atomic E-state index is 14.0. The zero-order chi connectivity index (χ0) is 14.1. The van der Waals surface area contributed by atoms with Gasteiger partial charge in [0.2, 0.25) is 5.88 Å². The molecule has 2 N–H and O–H groups in total. The number of hydrogen-bond acceptors (Lipinski definition) is 5. The van der Waals surface area contributed by atoms with Gasteiger partial charge in [0, 0.05) is 5.56 Å². The molecule has 3 rings (SSSR count). The van der Waals surface area contributed by atoms with Crippen molar-refractivity contribution in [1.29, 1.82) is 0 Å². The molecule has 0 aliphatic rings. The van der Waals surface area contributed by atoms with Gasteiger partial charge in [-0.3, -0.25) is 0 Å². The van der Waals surface area contributed by atoms with E-state index in [4.69, 9.17) is 15.0 Å². The predicted molar refractivity (Wildman–Crippen MR) is 76.2 cm³/mol. The first kappa shape index (κ1) is 12.7. The zero-order valence-electron chi connectivity index (χ0n) is 10.6. The molecule has 0 saturated carbocycles. The van der Waals surface area contributed by atoms with Crippen LogP contribution in [-0.4, -0.2) is 12.3 Å². The molecule has 0 aliphatic heterocycles. The number of nitrogens with zero attached hydrogens (tertiary/aromatic N) is 1. The number of rotatable bonds is 3. The zero-order valence-corrected chi connectivity index (χ0v) is 11.4. The van der Waals surface area contributed by atoms with Crippen LogP contribution in [0.4, 0.5) is 10.3 Å². The number of nitrogens with two attached hydrogens (primary N) is 1. The minimum atomic E-state index is -0.376. The highest BCUT2D eigenvalue weighted by Gasteiger charge is 2.23. The lowest BCUT2D eigenvalue weighted by molar-refractivity contribution is 0.416. The van der Waals surface area contributed by atoms with Crippen molar-refractivity contribution in [3.63, 3.8) is 0 Å². The van der Waals surface area contributed by atoms with Crippen LogP contribution >= 0.6 is 11.3 Å². The summed E-state index contributed by atoms with van der Waals surface area (Å²) in [5.74, 6) is 0.362. The van der Waals surface area contributed by atoms with Crippen LogP contribution in [0.5, 0.6) is 5.75 Å². The van der Waals surface area contributed by atoms with Gasteiger partial charge in [-0.2, -0.15) is 0 Å². The van der Waals surface area contributed by atoms with E-state index >= 15 is 0 Å². The van der Waals surface area contributed by atoms with Gasteiger partial charge in [0.1, 0.15) is 17.3 Å². The van der Waals surface area contributed by atoms with Crippen molar-refractivity contribution in [1.82, 2.24) is 5.16 Å². The Hall–Kier alpha value is -2.34. The van der Waals surface area contributed by atoms with Crippen molar-refractivity contribution in [3.05, 3.63) is 41.5 Å². The number of ether oxygens (including phenoxy) is 1. The third-order valence-electron chi connectivity index (χ3n) is 2.93. The van der Waals surface area contributed by atoms with Crippen molar-refractivity contribution >= 4 is 17.2 Å². The first-order chi connectivity index (χ1) is 9.72. The number of nitrogen functional groups attached to an aromatic ring is 1. The Bertz CT molecular complexity index is 751. The normalized spacial score (nSPS) is 10.7. The van der Waals surface area contributed by atoms with Crippen LogP contribution in [0.25, 0.3) is 21.7 Å². The third kappa shape index (κ3) is 1.94. The summed E-state index contributed by atoms with van der Waals surface area (Å²) in [6.07, 6.45) is 0. The van der Waals surface area contributed by atoms with E-state index in [0.29, 0.717) is 22.6 Å². The molecule has 0 saturated heterocycles. The second kappa shape index (κ2) is 4.97. The Morgan fingerprint density at radius 2 is 2.10 bits per heavy atom. The maximum Gasteiger partial charge on any atom is 0.230 e. The molecule has 6 heteroatoms. The molecule has 2 heterocycles. The van der Waals surface area contributed by atoms with Crippen molar-refractivity contribution < 1.29 is 13.7 Å². The fraction of sp³-hybridized carbons (Fsp3) is 0.0714. The predicted octanol–water partition coefficient (Wildman–Crippen LogP) is 3.80. The molecule has 2 aromatic heterocycles. The van der Waals surface area contributed by atoms with E-state index in [9.17, 15) is 4.39 Å². The number of methoxy groups -OCH3 is 1. The van der Waals surface area contributed by atoms with Crippen molar-refractivity contribution in [2.45, 2.75) is 0 Å². The number of thiophene rings is 1. The Balaban J connectivity index is 2.23. The van der Waals surface area contributed by atoms with E-state index in [-0.39, 0.29) is 11.7 Å². The average Bonchev–Trinajstić information content (AvgIpc) is 3.05. The molecule has 1 aromatic carbocycles.